The van der Waals surface area contributed by atoms with Crippen LogP contribution in [0.25, 0.3) is 0 Å². The average molecular weight is 392 g/mol. The molecule has 1 aromatic heterocycles. The Kier molecular flexibility index (Phi) is 6.86. The van der Waals surface area contributed by atoms with E-state index in [1.54, 1.807) is 6.07 Å². The number of hydrogen-bond acceptors (Lipinski definition) is 5. The summed E-state index contributed by atoms with van der Waals surface area (Å²) in [4.78, 5) is 5.43. The van der Waals surface area contributed by atoms with Gasteiger partial charge in [0.05, 0.1) is 6.21 Å². The molecule has 0 atom stereocenters. The minimum Gasteiger partial charge on any atom is -0.474 e. The summed E-state index contributed by atoms with van der Waals surface area (Å²) in [5.74, 6) is -4.58. The highest BCUT2D eigenvalue weighted by molar-refractivity contribution is 5.80. The number of ether oxygens (including phenoxy) is 1. The Morgan fingerprint density at radius 3 is 2.71 bits per heavy atom. The van der Waals surface area contributed by atoms with Crippen molar-refractivity contribution >= 4 is 11.9 Å². The van der Waals surface area contributed by atoms with Crippen molar-refractivity contribution in [1.82, 2.24) is 9.88 Å². The van der Waals surface area contributed by atoms with Gasteiger partial charge in [0.15, 0.2) is 0 Å². The molecule has 8 heteroatoms. The van der Waals surface area contributed by atoms with Crippen molar-refractivity contribution in [2.75, 3.05) is 31.7 Å². The summed E-state index contributed by atoms with van der Waals surface area (Å²) in [7, 11) is 0. The summed E-state index contributed by atoms with van der Waals surface area (Å²) in [5, 5.41) is 3.80. The lowest BCUT2D eigenvalue weighted by Gasteiger charge is -2.26. The lowest BCUT2D eigenvalue weighted by molar-refractivity contribution is 0.176. The van der Waals surface area contributed by atoms with Crippen LogP contribution in [0, 0.1) is 24.5 Å². The van der Waals surface area contributed by atoms with E-state index in [-0.39, 0.29) is 6.61 Å². The SMILES string of the molecule is Cc1cccc(/C=N/Nc2c(F)c(F)nc(OCCN3CCCCC3)c2F)c1. The Balaban J connectivity index is 1.66. The molecule has 5 nitrogen and oxygen atoms in total. The van der Waals surface area contributed by atoms with Gasteiger partial charge in [-0.15, -0.1) is 0 Å². The largest absolute Gasteiger partial charge is 0.474 e. The molecule has 0 saturated carbocycles. The third-order valence-electron chi connectivity index (χ3n) is 4.53. The third kappa shape index (κ3) is 5.22. The van der Waals surface area contributed by atoms with Gasteiger partial charge in [-0.05, 0) is 38.4 Å². The van der Waals surface area contributed by atoms with Crippen LogP contribution in [-0.2, 0) is 0 Å². The highest BCUT2D eigenvalue weighted by atomic mass is 19.2. The molecule has 0 bridgehead atoms. The molecule has 2 aromatic rings. The van der Waals surface area contributed by atoms with Gasteiger partial charge in [-0.3, -0.25) is 10.3 Å². The smallest absolute Gasteiger partial charge is 0.255 e. The molecule has 3 rings (SSSR count). The molecular weight excluding hydrogens is 369 g/mol. The summed E-state index contributed by atoms with van der Waals surface area (Å²) < 4.78 is 47.5. The van der Waals surface area contributed by atoms with Gasteiger partial charge >= 0.3 is 0 Å². The van der Waals surface area contributed by atoms with E-state index in [9.17, 15) is 13.2 Å². The number of nitrogens with zero attached hydrogens (tertiary/aromatic N) is 3. The number of hydrogen-bond donors (Lipinski definition) is 1. The van der Waals surface area contributed by atoms with Crippen LogP contribution in [0.5, 0.6) is 5.88 Å². The monoisotopic (exact) mass is 392 g/mol. The van der Waals surface area contributed by atoms with E-state index in [4.69, 9.17) is 4.74 Å². The predicted octanol–water partition coefficient (Wildman–Crippen LogP) is 4.12. The van der Waals surface area contributed by atoms with Gasteiger partial charge in [-0.25, -0.2) is 0 Å². The Morgan fingerprint density at radius 2 is 1.96 bits per heavy atom. The molecule has 28 heavy (non-hydrogen) atoms. The first-order valence-electron chi connectivity index (χ1n) is 9.30. The molecule has 0 spiro atoms. The van der Waals surface area contributed by atoms with Crippen LogP contribution < -0.4 is 10.2 Å². The Hall–Kier alpha value is -2.61. The van der Waals surface area contributed by atoms with Gasteiger partial charge < -0.3 is 4.74 Å². The molecule has 1 aromatic carbocycles. The molecular formula is C20H23F3N4O. The number of rotatable bonds is 7. The highest BCUT2D eigenvalue weighted by Gasteiger charge is 2.22. The first-order valence-corrected chi connectivity index (χ1v) is 9.30. The molecule has 2 heterocycles. The van der Waals surface area contributed by atoms with Crippen molar-refractivity contribution < 1.29 is 17.9 Å². The van der Waals surface area contributed by atoms with E-state index in [2.05, 4.69) is 20.4 Å². The maximum atomic E-state index is 14.5. The fraction of sp³-hybridized carbons (Fsp3) is 0.400. The normalized spacial score (nSPS) is 15.1. The summed E-state index contributed by atoms with van der Waals surface area (Å²) in [5.41, 5.74) is 3.24. The van der Waals surface area contributed by atoms with Gasteiger partial charge in [-0.2, -0.15) is 23.3 Å². The van der Waals surface area contributed by atoms with Crippen molar-refractivity contribution in [2.24, 2.45) is 5.10 Å². The van der Waals surface area contributed by atoms with Crippen molar-refractivity contribution in [3.8, 4) is 5.88 Å². The van der Waals surface area contributed by atoms with Crippen molar-refractivity contribution in [3.63, 3.8) is 0 Å². The number of aromatic nitrogens is 1. The highest BCUT2D eigenvalue weighted by Crippen LogP contribution is 2.27. The molecule has 1 aliphatic heterocycles. The number of anilines is 1. The number of hydrazone groups is 1. The van der Waals surface area contributed by atoms with Crippen LogP contribution in [0.15, 0.2) is 29.4 Å². The van der Waals surface area contributed by atoms with Crippen LogP contribution in [0.1, 0.15) is 30.4 Å². The van der Waals surface area contributed by atoms with Gasteiger partial charge in [0.1, 0.15) is 12.3 Å². The van der Waals surface area contributed by atoms with Gasteiger partial charge in [0, 0.05) is 6.54 Å². The quantitative estimate of drug-likeness (QED) is 0.438. The molecule has 1 N–H and O–H groups in total. The molecule has 150 valence electrons. The fourth-order valence-corrected chi connectivity index (χ4v) is 3.06. The van der Waals surface area contributed by atoms with E-state index < -0.39 is 29.1 Å². The molecule has 0 aliphatic carbocycles. The van der Waals surface area contributed by atoms with Crippen LogP contribution in [-0.4, -0.2) is 42.3 Å². The second kappa shape index (κ2) is 9.54. The molecule has 1 fully saturated rings. The zero-order valence-electron chi connectivity index (χ0n) is 15.7. The fourth-order valence-electron chi connectivity index (χ4n) is 3.06. The van der Waals surface area contributed by atoms with E-state index >= 15 is 0 Å². The number of halogens is 3. The molecule has 0 unspecified atom stereocenters. The minimum absolute atomic E-state index is 0.140. The van der Waals surface area contributed by atoms with Crippen LogP contribution in [0.2, 0.25) is 0 Å². The Bertz CT molecular complexity index is 838. The standard InChI is InChI=1S/C20H23F3N4O/c1-14-6-5-7-15(12-14)13-24-26-18-16(21)19(23)25-20(17(18)22)28-11-10-27-8-3-2-4-9-27/h5-7,12-13H,2-4,8-11H2,1H3,(H,25,26)/b24-13+. The zero-order chi connectivity index (χ0) is 19.9. The van der Waals surface area contributed by atoms with Crippen molar-refractivity contribution in [3.05, 3.63) is 53.0 Å². The van der Waals surface area contributed by atoms with Crippen LogP contribution >= 0.6 is 0 Å². The van der Waals surface area contributed by atoms with Crippen LogP contribution in [0.4, 0.5) is 18.9 Å². The number of aryl methyl sites for hydroxylation is 1. The Morgan fingerprint density at radius 1 is 1.18 bits per heavy atom. The maximum Gasteiger partial charge on any atom is 0.255 e. The molecule has 0 radical (unpaired) electrons. The molecule has 0 amide bonds. The Labute approximate surface area is 162 Å². The number of nitrogens with one attached hydrogen (secondary N) is 1. The zero-order valence-corrected chi connectivity index (χ0v) is 15.7. The van der Waals surface area contributed by atoms with E-state index in [1.165, 1.54) is 12.6 Å². The topological polar surface area (TPSA) is 49.8 Å². The predicted molar refractivity (Wildman–Crippen MR) is 102 cm³/mol. The second-order valence-electron chi connectivity index (χ2n) is 6.75. The minimum atomic E-state index is -1.44. The second-order valence-corrected chi connectivity index (χ2v) is 6.75. The lowest BCUT2D eigenvalue weighted by Crippen LogP contribution is -2.33. The summed E-state index contributed by atoms with van der Waals surface area (Å²) in [6.07, 6.45) is 4.82. The number of piperidine rings is 1. The van der Waals surface area contributed by atoms with E-state index in [1.807, 2.05) is 25.1 Å². The number of likely N-dealkylation sites (tertiary alicyclic amines) is 1. The van der Waals surface area contributed by atoms with Gasteiger partial charge in [-0.1, -0.05) is 36.2 Å². The number of benzene rings is 1. The van der Waals surface area contributed by atoms with Crippen LogP contribution in [0.3, 0.4) is 0 Å². The van der Waals surface area contributed by atoms with Crippen molar-refractivity contribution in [2.45, 2.75) is 26.2 Å². The summed E-state index contributed by atoms with van der Waals surface area (Å²) >= 11 is 0. The maximum absolute atomic E-state index is 14.5. The van der Waals surface area contributed by atoms with E-state index in [0.717, 1.165) is 37.1 Å². The van der Waals surface area contributed by atoms with E-state index in [0.29, 0.717) is 6.54 Å². The van der Waals surface area contributed by atoms with Gasteiger partial charge in [0.2, 0.25) is 11.6 Å². The van der Waals surface area contributed by atoms with Gasteiger partial charge in [0.25, 0.3) is 11.8 Å². The molecule has 1 saturated heterocycles. The lowest BCUT2D eigenvalue weighted by atomic mass is 10.1. The van der Waals surface area contributed by atoms with Crippen molar-refractivity contribution in [1.29, 1.82) is 0 Å². The third-order valence-corrected chi connectivity index (χ3v) is 4.53. The number of pyridine rings is 1. The molecule has 1 aliphatic rings. The first-order chi connectivity index (χ1) is 13.5. The first kappa shape index (κ1) is 20.1. The average Bonchev–Trinajstić information content (AvgIpc) is 2.69. The summed E-state index contributed by atoms with van der Waals surface area (Å²) in [6, 6.07) is 7.38. The summed E-state index contributed by atoms with van der Waals surface area (Å²) in [6.45, 7) is 4.54.